The summed E-state index contributed by atoms with van der Waals surface area (Å²) in [6.07, 6.45) is 9.08. The maximum Gasteiger partial charge on any atom is 0.272 e. The van der Waals surface area contributed by atoms with E-state index in [1.54, 1.807) is 28.1 Å². The summed E-state index contributed by atoms with van der Waals surface area (Å²) in [6, 6.07) is 82.6. The number of benzene rings is 10. The minimum atomic E-state index is -0.200. The molecule has 16 aromatic rings. The molecular formula is C110H117N19O10. The first kappa shape index (κ1) is 95.8. The van der Waals surface area contributed by atoms with Crippen molar-refractivity contribution in [3.05, 3.63) is 397 Å². The predicted octanol–water partition coefficient (Wildman–Crippen LogP) is 13.2. The van der Waals surface area contributed by atoms with Gasteiger partial charge in [0, 0.05) is 210 Å². The molecule has 0 saturated heterocycles. The summed E-state index contributed by atoms with van der Waals surface area (Å²) in [4.78, 5) is 76.6. The number of amides is 4. The summed E-state index contributed by atoms with van der Waals surface area (Å²) < 4.78 is 14.4. The molecule has 0 saturated carbocycles. The van der Waals surface area contributed by atoms with Crippen molar-refractivity contribution in [1.29, 1.82) is 0 Å². The second-order valence-electron chi connectivity index (χ2n) is 35.3. The van der Waals surface area contributed by atoms with Crippen molar-refractivity contribution in [3.63, 3.8) is 0 Å². The lowest BCUT2D eigenvalue weighted by molar-refractivity contribution is 0.0934. The maximum absolute atomic E-state index is 13.2. The molecule has 139 heavy (non-hydrogen) atoms. The standard InChI is InChI=1S/C31H30N4O2.C28H31N5O3.C26H28N6O2.C25H28N4O3/c36-17-16-35-29-14-15-34(21-28(29)30(33-35)31(37)32-19-22-8-2-1-3-9-22)20-24-18-23-10-4-5-11-25(23)27-13-7-6-12-26(24)27;1-19(36-2)22-9-6-10-23-21(16-29-26(22)23)17-32-12-11-25-24(18-32)27(31-33(25)13-14-34)28(35)30-15-20-7-4-3-5-8-20;33-14-13-31-24-11-12-30(17-21-16-28-32(18-21)22-9-5-2-6-10-22)19-23(24)25(29-31)26(34)27-15-20-7-3-1-4-8-20;1-18(31)21-9-7-20(8-10-21)16-28-12-11-23-22(17-28)24(27-29(23)13-14-30)25(32)26-15-19-5-3-2-4-6-19/h1-13,18,36H,14-17,19-21H2,(H,32,37);3-10,16,29,34H,1,11-15,17-18H2,2H3,(H,30,35);1-10,16,18,33H,11-15,17,19H2,(H,27,34);2-10,30H,11-17H2,1H3,(H,26,32). The molecule has 20 rings (SSSR count). The van der Waals surface area contributed by atoms with Crippen LogP contribution in [0.15, 0.2) is 274 Å². The van der Waals surface area contributed by atoms with Crippen LogP contribution in [0.4, 0.5) is 0 Å². The van der Waals surface area contributed by atoms with Gasteiger partial charge >= 0.3 is 0 Å². The molecular weight excluding hydrogens is 1750 g/mol. The number of hydrogen-bond acceptors (Lipinski definition) is 19. The Hall–Kier alpha value is -14.9. The number of aliphatic hydroxyl groups is 4. The average Bonchev–Trinajstić information content (AvgIpc) is 1.70. The van der Waals surface area contributed by atoms with Crippen molar-refractivity contribution in [2.75, 3.05) is 59.7 Å². The SMILES string of the molecule is C=C(OC)c1cccc2c(CN3CCc4c(c(C(=O)NCc5ccccc5)nn4CCO)C3)c[nH]c12.CC(=O)c1ccc(CN2CCc3c(c(C(=O)NCc4ccccc4)nn3CCO)C2)cc1.O=C(NCc1ccccc1)c1nn(CCO)c2c1CN(Cc1cc3ccccc3c3ccccc13)CC2.O=C(NCc1ccccc1)c1nn(CCO)c2c1CN(Cc1cnn(-c3ccccc3)c1)CC2. The number of Topliss-reactive ketones (excluding diaryl/α,β-unsaturated/α-hetero) is 1. The van der Waals surface area contributed by atoms with Crippen molar-refractivity contribution in [2.45, 2.75) is 137 Å². The van der Waals surface area contributed by atoms with E-state index in [1.165, 1.54) is 32.7 Å². The van der Waals surface area contributed by atoms with Crippen LogP contribution in [0, 0.1) is 0 Å². The summed E-state index contributed by atoms with van der Waals surface area (Å²) in [5.74, 6) is -0.0658. The highest BCUT2D eigenvalue weighted by atomic mass is 16.5. The number of aromatic amines is 1. The molecule has 29 heteroatoms. The Labute approximate surface area is 807 Å². The summed E-state index contributed by atoms with van der Waals surface area (Å²) in [6.45, 7) is 17.7. The number of hydrogen-bond donors (Lipinski definition) is 9. The smallest absolute Gasteiger partial charge is 0.272 e. The molecule has 0 atom stereocenters. The largest absolute Gasteiger partial charge is 0.497 e. The zero-order valence-corrected chi connectivity index (χ0v) is 78.4. The molecule has 29 nitrogen and oxygen atoms in total. The van der Waals surface area contributed by atoms with E-state index in [9.17, 15) is 44.4 Å². The molecule has 0 fully saturated rings. The Morgan fingerprint density at radius 2 is 0.748 bits per heavy atom. The monoisotopic (exact) mass is 1860 g/mol. The zero-order chi connectivity index (χ0) is 96.1. The Balaban J connectivity index is 0.000000128. The van der Waals surface area contributed by atoms with Gasteiger partial charge in [-0.2, -0.15) is 25.5 Å². The molecule has 4 aliphatic rings. The van der Waals surface area contributed by atoms with E-state index < -0.39 is 0 Å². The van der Waals surface area contributed by atoms with Crippen LogP contribution in [-0.2, 0) is 135 Å². The third kappa shape index (κ3) is 23.2. The van der Waals surface area contributed by atoms with E-state index in [0.29, 0.717) is 113 Å². The third-order valence-electron chi connectivity index (χ3n) is 26.0. The molecule has 0 aliphatic carbocycles. The van der Waals surface area contributed by atoms with Gasteiger partial charge in [-0.25, -0.2) is 4.68 Å². The van der Waals surface area contributed by atoms with E-state index in [0.717, 1.165) is 179 Å². The van der Waals surface area contributed by atoms with E-state index in [4.69, 9.17) is 4.74 Å². The molecule has 0 spiro atoms. The van der Waals surface area contributed by atoms with Gasteiger partial charge in [0.2, 0.25) is 0 Å². The molecule has 6 aromatic heterocycles. The minimum absolute atomic E-state index is 0.00795. The second-order valence-corrected chi connectivity index (χ2v) is 35.3. The molecule has 9 N–H and O–H groups in total. The van der Waals surface area contributed by atoms with E-state index in [1.807, 2.05) is 216 Å². The van der Waals surface area contributed by atoms with Crippen LogP contribution in [0.1, 0.15) is 154 Å². The first-order valence-corrected chi connectivity index (χ1v) is 47.4. The van der Waals surface area contributed by atoms with Gasteiger partial charge in [0.15, 0.2) is 28.6 Å². The van der Waals surface area contributed by atoms with Gasteiger partial charge in [-0.05, 0) is 91.7 Å². The lowest BCUT2D eigenvalue weighted by Gasteiger charge is -2.28. The van der Waals surface area contributed by atoms with Gasteiger partial charge in [-0.1, -0.05) is 231 Å². The predicted molar refractivity (Wildman–Crippen MR) is 535 cm³/mol. The number of methoxy groups -OCH3 is 1. The lowest BCUT2D eigenvalue weighted by Crippen LogP contribution is -2.32. The van der Waals surface area contributed by atoms with Crippen molar-refractivity contribution in [3.8, 4) is 5.69 Å². The number of rotatable bonds is 32. The summed E-state index contributed by atoms with van der Waals surface area (Å²) in [5.41, 5.74) is 22.2. The van der Waals surface area contributed by atoms with E-state index in [2.05, 4.69) is 139 Å². The summed E-state index contributed by atoms with van der Waals surface area (Å²) in [5, 5.41) is 79.1. The number of nitrogens with zero attached hydrogens (tertiary/aromatic N) is 14. The van der Waals surface area contributed by atoms with Crippen LogP contribution in [0.5, 0.6) is 0 Å². The highest BCUT2D eigenvalue weighted by Gasteiger charge is 2.34. The number of carbonyl (C=O) groups is 5. The van der Waals surface area contributed by atoms with Crippen molar-refractivity contribution in [1.82, 2.24) is 94.8 Å². The summed E-state index contributed by atoms with van der Waals surface area (Å²) in [7, 11) is 1.63. The van der Waals surface area contributed by atoms with Crippen LogP contribution in [-0.4, -0.2) is 183 Å². The number of nitrogens with one attached hydrogen (secondary N) is 5. The fourth-order valence-corrected chi connectivity index (χ4v) is 19.0. The Morgan fingerprint density at radius 1 is 0.388 bits per heavy atom. The normalized spacial score (nSPS) is 13.6. The highest BCUT2D eigenvalue weighted by Crippen LogP contribution is 2.35. The Bertz CT molecular complexity index is 6950. The number of aromatic nitrogens is 11. The van der Waals surface area contributed by atoms with Gasteiger partial charge in [0.05, 0.1) is 77.1 Å². The van der Waals surface area contributed by atoms with Crippen LogP contribution in [0.25, 0.3) is 43.9 Å². The van der Waals surface area contributed by atoms with Crippen LogP contribution in [0.2, 0.25) is 0 Å². The Kier molecular flexibility index (Phi) is 31.6. The van der Waals surface area contributed by atoms with Crippen molar-refractivity contribution < 1.29 is 49.1 Å². The van der Waals surface area contributed by atoms with E-state index in [-0.39, 0.29) is 55.8 Å². The third-order valence-corrected chi connectivity index (χ3v) is 26.0. The fraction of sp³-hybridized carbons (Fsp3) is 0.273. The van der Waals surface area contributed by atoms with Crippen LogP contribution < -0.4 is 21.3 Å². The van der Waals surface area contributed by atoms with Crippen LogP contribution in [0.3, 0.4) is 0 Å². The molecule has 4 aliphatic heterocycles. The van der Waals surface area contributed by atoms with Gasteiger partial charge in [0.25, 0.3) is 23.6 Å². The molecule has 0 unspecified atom stereocenters. The van der Waals surface area contributed by atoms with Crippen molar-refractivity contribution >= 4 is 67.6 Å². The number of para-hydroxylation sites is 2. The van der Waals surface area contributed by atoms with Crippen LogP contribution >= 0.6 is 0 Å². The minimum Gasteiger partial charge on any atom is -0.497 e. The van der Waals surface area contributed by atoms with Crippen molar-refractivity contribution in [2.24, 2.45) is 0 Å². The van der Waals surface area contributed by atoms with Gasteiger partial charge in [-0.15, -0.1) is 0 Å². The fourth-order valence-electron chi connectivity index (χ4n) is 19.0. The summed E-state index contributed by atoms with van der Waals surface area (Å²) >= 11 is 0. The molecule has 10 heterocycles. The number of aliphatic hydroxyl groups excluding tert-OH is 4. The molecule has 0 bridgehead atoms. The number of ketones is 1. The second kappa shape index (κ2) is 45.8. The van der Waals surface area contributed by atoms with Gasteiger partial charge in [0.1, 0.15) is 5.76 Å². The molecule has 10 aromatic carbocycles. The quantitative estimate of drug-likeness (QED) is 0.0107. The molecule has 712 valence electrons. The average molecular weight is 1870 g/mol. The number of fused-ring (bicyclic) bond motifs is 8. The van der Waals surface area contributed by atoms with Gasteiger partial charge in [-0.3, -0.25) is 62.3 Å². The van der Waals surface area contributed by atoms with E-state index >= 15 is 0 Å². The maximum atomic E-state index is 13.2. The Morgan fingerprint density at radius 3 is 1.15 bits per heavy atom. The molecule has 4 amide bonds. The number of H-pyrrole nitrogens is 1. The van der Waals surface area contributed by atoms with Gasteiger partial charge < -0.3 is 51.4 Å². The highest BCUT2D eigenvalue weighted by molar-refractivity contribution is 6.09. The topological polar surface area (TPSA) is 341 Å². The lowest BCUT2D eigenvalue weighted by atomic mass is 9.96. The first-order chi connectivity index (χ1) is 68.0. The first-order valence-electron chi connectivity index (χ1n) is 47.4. The molecule has 0 radical (unpaired) electrons. The zero-order valence-electron chi connectivity index (χ0n) is 78.4. The number of ether oxygens (including phenoxy) is 1. The number of carbonyl (C=O) groups excluding carboxylic acids is 5.